The SMILES string of the molecule is Cc1ccccc1C(C(=O)NC1CCC(F)(F)CC1)N(C(=O)[C@@H]1CCS(=O)(=O)N1)c1cccc(F)c1. The highest BCUT2D eigenvalue weighted by molar-refractivity contribution is 7.89. The molecule has 1 unspecified atom stereocenters. The van der Waals surface area contributed by atoms with Gasteiger partial charge in [0.1, 0.15) is 17.9 Å². The molecule has 194 valence electrons. The fourth-order valence-corrected chi connectivity index (χ4v) is 6.05. The number of aryl methyl sites for hydroxylation is 1. The Kier molecular flexibility index (Phi) is 7.42. The molecule has 0 aromatic heterocycles. The third kappa shape index (κ3) is 5.89. The molecule has 0 radical (unpaired) electrons. The van der Waals surface area contributed by atoms with Crippen LogP contribution in [-0.2, 0) is 19.6 Å². The van der Waals surface area contributed by atoms with E-state index in [4.69, 9.17) is 0 Å². The number of sulfonamides is 1. The summed E-state index contributed by atoms with van der Waals surface area (Å²) in [5.74, 6) is -4.99. The van der Waals surface area contributed by atoms with Crippen LogP contribution >= 0.6 is 0 Å². The van der Waals surface area contributed by atoms with E-state index < -0.39 is 51.7 Å². The zero-order valence-electron chi connectivity index (χ0n) is 19.7. The Morgan fingerprint density at radius 2 is 1.78 bits per heavy atom. The summed E-state index contributed by atoms with van der Waals surface area (Å²) in [5, 5.41) is 2.81. The van der Waals surface area contributed by atoms with Crippen LogP contribution in [0.3, 0.4) is 0 Å². The topological polar surface area (TPSA) is 95.6 Å². The first-order valence-corrected chi connectivity index (χ1v) is 13.4. The Labute approximate surface area is 208 Å². The highest BCUT2D eigenvalue weighted by Gasteiger charge is 2.42. The van der Waals surface area contributed by atoms with E-state index in [1.165, 1.54) is 18.2 Å². The maximum absolute atomic E-state index is 14.3. The summed E-state index contributed by atoms with van der Waals surface area (Å²) in [7, 11) is -3.66. The first-order valence-electron chi connectivity index (χ1n) is 11.8. The van der Waals surface area contributed by atoms with Crippen LogP contribution in [0.15, 0.2) is 48.5 Å². The molecular weight excluding hydrogens is 495 g/mol. The van der Waals surface area contributed by atoms with Gasteiger partial charge >= 0.3 is 0 Å². The molecule has 11 heteroatoms. The third-order valence-electron chi connectivity index (χ3n) is 6.67. The monoisotopic (exact) mass is 523 g/mol. The number of halogens is 3. The quantitative estimate of drug-likeness (QED) is 0.605. The average molecular weight is 524 g/mol. The molecule has 1 saturated carbocycles. The van der Waals surface area contributed by atoms with Crippen molar-refractivity contribution in [2.75, 3.05) is 10.7 Å². The number of carbonyl (C=O) groups excluding carboxylic acids is 2. The van der Waals surface area contributed by atoms with Crippen molar-refractivity contribution >= 4 is 27.5 Å². The molecule has 1 aliphatic heterocycles. The summed E-state index contributed by atoms with van der Waals surface area (Å²) < 4.78 is 67.9. The summed E-state index contributed by atoms with van der Waals surface area (Å²) in [6, 6.07) is 9.07. The first kappa shape index (κ1) is 26.2. The van der Waals surface area contributed by atoms with Crippen LogP contribution in [0.1, 0.15) is 49.3 Å². The summed E-state index contributed by atoms with van der Waals surface area (Å²) in [6.07, 6.45) is -0.565. The summed E-state index contributed by atoms with van der Waals surface area (Å²) in [4.78, 5) is 28.6. The Bertz CT molecular complexity index is 1240. The van der Waals surface area contributed by atoms with E-state index in [1.807, 2.05) is 0 Å². The molecule has 0 bridgehead atoms. The maximum Gasteiger partial charge on any atom is 0.248 e. The molecule has 2 atom stereocenters. The van der Waals surface area contributed by atoms with Crippen molar-refractivity contribution in [3.63, 3.8) is 0 Å². The van der Waals surface area contributed by atoms with E-state index in [9.17, 15) is 31.2 Å². The highest BCUT2D eigenvalue weighted by Crippen LogP contribution is 2.35. The van der Waals surface area contributed by atoms with Crippen LogP contribution in [0.4, 0.5) is 18.9 Å². The molecule has 1 aliphatic carbocycles. The van der Waals surface area contributed by atoms with Crippen molar-refractivity contribution in [1.29, 1.82) is 0 Å². The normalized spacial score (nSPS) is 22.1. The molecule has 2 amide bonds. The minimum absolute atomic E-state index is 0.00714. The van der Waals surface area contributed by atoms with E-state index in [0.717, 1.165) is 11.0 Å². The van der Waals surface area contributed by atoms with Gasteiger partial charge < -0.3 is 5.32 Å². The van der Waals surface area contributed by atoms with Crippen molar-refractivity contribution in [2.24, 2.45) is 0 Å². The molecule has 2 aliphatic rings. The van der Waals surface area contributed by atoms with E-state index in [0.29, 0.717) is 11.1 Å². The summed E-state index contributed by atoms with van der Waals surface area (Å²) in [6.45, 7) is 1.75. The fraction of sp³-hybridized carbons (Fsp3) is 0.440. The standard InChI is InChI=1S/C25H28F3N3O4S/c1-16-5-2-3-8-20(16)22(23(32)29-18-9-12-25(27,28)13-10-18)31(19-7-4-6-17(26)15-19)24(33)21-11-14-36(34,35)30-21/h2-8,15,18,21-22,30H,9-14H2,1H3,(H,29,32)/t21-,22?/m0/s1. The number of nitrogens with zero attached hydrogens (tertiary/aromatic N) is 1. The minimum atomic E-state index is -3.66. The van der Waals surface area contributed by atoms with Crippen LogP contribution < -0.4 is 14.9 Å². The van der Waals surface area contributed by atoms with Crippen molar-refractivity contribution in [3.05, 3.63) is 65.5 Å². The van der Waals surface area contributed by atoms with Crippen molar-refractivity contribution in [2.45, 2.75) is 63.1 Å². The molecule has 1 saturated heterocycles. The van der Waals surface area contributed by atoms with Crippen LogP contribution in [0, 0.1) is 12.7 Å². The van der Waals surface area contributed by atoms with Crippen LogP contribution in [-0.4, -0.2) is 44.0 Å². The van der Waals surface area contributed by atoms with Crippen LogP contribution in [0.5, 0.6) is 0 Å². The van der Waals surface area contributed by atoms with Gasteiger partial charge in [-0.3, -0.25) is 14.5 Å². The second-order valence-corrected chi connectivity index (χ2v) is 11.2. The van der Waals surface area contributed by atoms with E-state index in [-0.39, 0.29) is 43.5 Å². The molecule has 2 aromatic rings. The Morgan fingerprint density at radius 3 is 2.39 bits per heavy atom. The van der Waals surface area contributed by atoms with E-state index in [1.54, 1.807) is 31.2 Å². The van der Waals surface area contributed by atoms with Gasteiger partial charge in [-0.1, -0.05) is 30.3 Å². The van der Waals surface area contributed by atoms with Gasteiger partial charge in [-0.2, -0.15) is 0 Å². The number of anilines is 1. The molecule has 2 fully saturated rings. The number of rotatable bonds is 6. The van der Waals surface area contributed by atoms with Gasteiger partial charge in [-0.25, -0.2) is 26.3 Å². The van der Waals surface area contributed by atoms with Gasteiger partial charge in [0.05, 0.1) is 5.75 Å². The molecule has 2 N–H and O–H groups in total. The zero-order valence-corrected chi connectivity index (χ0v) is 20.5. The largest absolute Gasteiger partial charge is 0.351 e. The Morgan fingerprint density at radius 1 is 1.08 bits per heavy atom. The lowest BCUT2D eigenvalue weighted by atomic mass is 9.91. The molecule has 1 heterocycles. The molecule has 0 spiro atoms. The van der Waals surface area contributed by atoms with Gasteiger partial charge in [0.15, 0.2) is 0 Å². The lowest BCUT2D eigenvalue weighted by Crippen LogP contribution is -2.52. The maximum atomic E-state index is 14.3. The Hall–Kier alpha value is -2.92. The minimum Gasteiger partial charge on any atom is -0.351 e. The van der Waals surface area contributed by atoms with Gasteiger partial charge in [-0.05, 0) is 55.5 Å². The number of hydrogen-bond acceptors (Lipinski definition) is 4. The van der Waals surface area contributed by atoms with Gasteiger partial charge in [0.25, 0.3) is 0 Å². The molecule has 2 aromatic carbocycles. The van der Waals surface area contributed by atoms with Crippen LogP contribution in [0.25, 0.3) is 0 Å². The lowest BCUT2D eigenvalue weighted by molar-refractivity contribution is -0.128. The molecular formula is C25H28F3N3O4S. The summed E-state index contributed by atoms with van der Waals surface area (Å²) in [5.41, 5.74) is 1.20. The van der Waals surface area contributed by atoms with E-state index >= 15 is 0 Å². The lowest BCUT2D eigenvalue weighted by Gasteiger charge is -2.36. The summed E-state index contributed by atoms with van der Waals surface area (Å²) >= 11 is 0. The Balaban J connectivity index is 1.75. The number of amides is 2. The molecule has 7 nitrogen and oxygen atoms in total. The van der Waals surface area contributed by atoms with Gasteiger partial charge in [-0.15, -0.1) is 0 Å². The fourth-order valence-electron chi connectivity index (χ4n) is 4.73. The molecule has 36 heavy (non-hydrogen) atoms. The third-order valence-corrected chi connectivity index (χ3v) is 8.09. The number of nitrogens with one attached hydrogen (secondary N) is 2. The second-order valence-electron chi connectivity index (χ2n) is 9.36. The van der Waals surface area contributed by atoms with Crippen LogP contribution in [0.2, 0.25) is 0 Å². The van der Waals surface area contributed by atoms with Crippen molar-refractivity contribution < 1.29 is 31.2 Å². The zero-order chi connectivity index (χ0) is 26.1. The smallest absolute Gasteiger partial charge is 0.248 e. The number of benzene rings is 2. The first-order chi connectivity index (χ1) is 17.0. The van der Waals surface area contributed by atoms with Crippen molar-refractivity contribution in [3.8, 4) is 0 Å². The van der Waals surface area contributed by atoms with Gasteiger partial charge in [0.2, 0.25) is 27.8 Å². The van der Waals surface area contributed by atoms with Gasteiger partial charge in [0, 0.05) is 24.6 Å². The number of carbonyl (C=O) groups is 2. The number of alkyl halides is 2. The highest BCUT2D eigenvalue weighted by atomic mass is 32.2. The predicted octanol–water partition coefficient (Wildman–Crippen LogP) is 3.59. The van der Waals surface area contributed by atoms with E-state index in [2.05, 4.69) is 10.0 Å². The number of hydrogen-bond donors (Lipinski definition) is 2. The average Bonchev–Trinajstić information content (AvgIpc) is 3.18. The predicted molar refractivity (Wildman–Crippen MR) is 128 cm³/mol. The molecule has 4 rings (SSSR count). The second kappa shape index (κ2) is 10.2. The van der Waals surface area contributed by atoms with Crippen molar-refractivity contribution in [1.82, 2.24) is 10.0 Å².